The molecule has 98 valence electrons. The first kappa shape index (κ1) is 14.0. The Kier molecular flexibility index (Phi) is 4.82. The number of rotatable bonds is 3. The predicted molar refractivity (Wildman–Crippen MR) is 75.2 cm³/mol. The fourth-order valence-electron chi connectivity index (χ4n) is 2.25. The van der Waals surface area contributed by atoms with Crippen LogP contribution >= 0.6 is 27.5 Å². The fraction of sp³-hybridized carbons (Fsp3) is 0.429. The number of aliphatic hydroxyl groups excluding tert-OH is 1. The van der Waals surface area contributed by atoms with Crippen LogP contribution in [-0.2, 0) is 0 Å². The molecule has 0 heterocycles. The topological polar surface area (TPSA) is 20.2 Å². The van der Waals surface area contributed by atoms with Crippen molar-refractivity contribution in [2.24, 2.45) is 0 Å². The average Bonchev–Trinajstić information content (AvgIpc) is 2.37. The van der Waals surface area contributed by atoms with Gasteiger partial charge >= 0.3 is 0 Å². The van der Waals surface area contributed by atoms with Gasteiger partial charge in [-0.3, -0.25) is 0 Å². The highest BCUT2D eigenvalue weighted by Crippen LogP contribution is 2.33. The Bertz CT molecular complexity index is 473. The first-order chi connectivity index (χ1) is 8.59. The van der Waals surface area contributed by atoms with Gasteiger partial charge in [0.15, 0.2) is 0 Å². The summed E-state index contributed by atoms with van der Waals surface area (Å²) in [5, 5.41) is 10.1. The molecule has 1 aliphatic carbocycles. The van der Waals surface area contributed by atoms with Gasteiger partial charge < -0.3 is 5.11 Å². The minimum atomic E-state index is -0.819. The van der Waals surface area contributed by atoms with Crippen molar-refractivity contribution in [2.75, 3.05) is 0 Å². The van der Waals surface area contributed by atoms with Gasteiger partial charge in [-0.2, -0.15) is 0 Å². The molecule has 1 nitrogen and oxygen atoms in total. The van der Waals surface area contributed by atoms with Gasteiger partial charge in [-0.25, -0.2) is 4.39 Å². The van der Waals surface area contributed by atoms with Crippen molar-refractivity contribution in [3.8, 4) is 0 Å². The molecule has 18 heavy (non-hydrogen) atoms. The molecule has 0 spiro atoms. The van der Waals surface area contributed by atoms with Crippen LogP contribution in [0.25, 0.3) is 0 Å². The maximum absolute atomic E-state index is 13.9. The molecular weight excluding hydrogens is 319 g/mol. The number of hydrogen-bond acceptors (Lipinski definition) is 1. The van der Waals surface area contributed by atoms with Gasteiger partial charge in [0.2, 0.25) is 0 Å². The van der Waals surface area contributed by atoms with Crippen LogP contribution in [0, 0.1) is 5.82 Å². The van der Waals surface area contributed by atoms with Crippen LogP contribution in [0.15, 0.2) is 28.3 Å². The molecule has 2 rings (SSSR count). The molecule has 1 atom stereocenters. The molecule has 0 saturated heterocycles. The summed E-state index contributed by atoms with van der Waals surface area (Å²) in [4.78, 5) is 0. The Morgan fingerprint density at radius 3 is 2.83 bits per heavy atom. The second kappa shape index (κ2) is 6.18. The van der Waals surface area contributed by atoms with Crippen molar-refractivity contribution in [1.29, 1.82) is 0 Å². The number of hydrogen-bond donors (Lipinski definition) is 1. The summed E-state index contributed by atoms with van der Waals surface area (Å²) in [6.45, 7) is 0. The van der Waals surface area contributed by atoms with Crippen LogP contribution in [0.3, 0.4) is 0 Å². The summed E-state index contributed by atoms with van der Waals surface area (Å²) >= 11 is 8.98. The summed E-state index contributed by atoms with van der Waals surface area (Å²) in [6.07, 6.45) is 6.26. The highest BCUT2D eigenvalue weighted by molar-refractivity contribution is 9.10. The second-order valence-electron chi connectivity index (χ2n) is 4.59. The maximum atomic E-state index is 13.9. The fourth-order valence-corrected chi connectivity index (χ4v) is 2.72. The average molecular weight is 334 g/mol. The number of aliphatic hydroxyl groups is 1. The quantitative estimate of drug-likeness (QED) is 0.598. The molecule has 0 fully saturated rings. The van der Waals surface area contributed by atoms with E-state index >= 15 is 0 Å². The van der Waals surface area contributed by atoms with Crippen LogP contribution in [0.2, 0.25) is 5.02 Å². The monoisotopic (exact) mass is 332 g/mol. The van der Waals surface area contributed by atoms with Gasteiger partial charge in [-0.05, 0) is 54.1 Å². The summed E-state index contributed by atoms with van der Waals surface area (Å²) in [5.41, 5.74) is 1.49. The van der Waals surface area contributed by atoms with Gasteiger partial charge in [0.05, 0.1) is 11.1 Å². The molecule has 0 saturated carbocycles. The molecule has 0 bridgehead atoms. The van der Waals surface area contributed by atoms with Crippen LogP contribution in [-0.4, -0.2) is 5.11 Å². The SMILES string of the molecule is OC(CC1=CCCCC1)c1ccc(Br)c(Cl)c1F. The van der Waals surface area contributed by atoms with Crippen LogP contribution in [0.1, 0.15) is 43.8 Å². The van der Waals surface area contributed by atoms with E-state index in [2.05, 4.69) is 22.0 Å². The Morgan fingerprint density at radius 2 is 2.17 bits per heavy atom. The smallest absolute Gasteiger partial charge is 0.148 e. The van der Waals surface area contributed by atoms with Gasteiger partial charge in [-0.15, -0.1) is 0 Å². The van der Waals surface area contributed by atoms with Gasteiger partial charge in [0.1, 0.15) is 5.82 Å². The van der Waals surface area contributed by atoms with Crippen LogP contribution < -0.4 is 0 Å². The molecule has 4 heteroatoms. The third-order valence-electron chi connectivity index (χ3n) is 3.26. The summed E-state index contributed by atoms with van der Waals surface area (Å²) in [7, 11) is 0. The van der Waals surface area contributed by atoms with Crippen molar-refractivity contribution in [3.63, 3.8) is 0 Å². The Balaban J connectivity index is 2.16. The first-order valence-electron chi connectivity index (χ1n) is 6.09. The third-order valence-corrected chi connectivity index (χ3v) is 4.52. The molecular formula is C14H15BrClFO. The largest absolute Gasteiger partial charge is 0.388 e. The van der Waals surface area contributed by atoms with Crippen molar-refractivity contribution in [3.05, 3.63) is 44.7 Å². The van der Waals surface area contributed by atoms with E-state index in [4.69, 9.17) is 11.6 Å². The lowest BCUT2D eigenvalue weighted by Gasteiger charge is -2.18. The van der Waals surface area contributed by atoms with E-state index in [0.29, 0.717) is 10.9 Å². The first-order valence-corrected chi connectivity index (χ1v) is 7.26. The Labute approximate surface area is 120 Å². The van der Waals surface area contributed by atoms with E-state index < -0.39 is 11.9 Å². The minimum absolute atomic E-state index is 0.0316. The molecule has 1 aromatic carbocycles. The van der Waals surface area contributed by atoms with E-state index in [1.165, 1.54) is 12.0 Å². The third kappa shape index (κ3) is 3.14. The van der Waals surface area contributed by atoms with Crippen molar-refractivity contribution in [2.45, 2.75) is 38.2 Å². The van der Waals surface area contributed by atoms with E-state index in [1.54, 1.807) is 12.1 Å². The zero-order chi connectivity index (χ0) is 13.1. The van der Waals surface area contributed by atoms with E-state index in [0.717, 1.165) is 19.3 Å². The number of allylic oxidation sites excluding steroid dienone is 1. The molecule has 1 aliphatic rings. The highest BCUT2D eigenvalue weighted by Gasteiger charge is 2.18. The van der Waals surface area contributed by atoms with Crippen LogP contribution in [0.5, 0.6) is 0 Å². The Hall–Kier alpha value is -0.380. The lowest BCUT2D eigenvalue weighted by atomic mass is 9.93. The lowest BCUT2D eigenvalue weighted by molar-refractivity contribution is 0.171. The standard InChI is InChI=1S/C14H15BrClFO/c15-11-7-6-10(14(17)13(11)16)12(18)8-9-4-2-1-3-5-9/h4,6-7,12,18H,1-3,5,8H2. The van der Waals surface area contributed by atoms with Gasteiger partial charge in [0.25, 0.3) is 0 Å². The van der Waals surface area contributed by atoms with Gasteiger partial charge in [-0.1, -0.05) is 29.3 Å². The number of halogens is 3. The second-order valence-corrected chi connectivity index (χ2v) is 5.82. The molecule has 0 aliphatic heterocycles. The molecule has 1 N–H and O–H groups in total. The van der Waals surface area contributed by atoms with Crippen LogP contribution in [0.4, 0.5) is 4.39 Å². The minimum Gasteiger partial charge on any atom is -0.388 e. The van der Waals surface area contributed by atoms with Crippen molar-refractivity contribution in [1.82, 2.24) is 0 Å². The molecule has 0 radical (unpaired) electrons. The van der Waals surface area contributed by atoms with Crippen molar-refractivity contribution >= 4 is 27.5 Å². The molecule has 1 unspecified atom stereocenters. The lowest BCUT2D eigenvalue weighted by Crippen LogP contribution is -2.04. The predicted octanol–water partition coefficient (Wildman–Crippen LogP) is 5.17. The molecule has 0 amide bonds. The van der Waals surface area contributed by atoms with E-state index in [9.17, 15) is 9.50 Å². The van der Waals surface area contributed by atoms with Gasteiger partial charge in [0, 0.05) is 10.0 Å². The Morgan fingerprint density at radius 1 is 1.39 bits per heavy atom. The normalized spacial score (nSPS) is 17.4. The molecule has 0 aromatic heterocycles. The zero-order valence-corrected chi connectivity index (χ0v) is 12.3. The van der Waals surface area contributed by atoms with E-state index in [-0.39, 0.29) is 10.6 Å². The summed E-state index contributed by atoms with van der Waals surface area (Å²) in [6, 6.07) is 3.25. The summed E-state index contributed by atoms with van der Waals surface area (Å²) in [5.74, 6) is -0.532. The highest BCUT2D eigenvalue weighted by atomic mass is 79.9. The zero-order valence-electron chi connectivity index (χ0n) is 9.93. The van der Waals surface area contributed by atoms with Crippen molar-refractivity contribution < 1.29 is 9.50 Å². The molecule has 1 aromatic rings. The maximum Gasteiger partial charge on any atom is 0.148 e. The number of benzene rings is 1. The summed E-state index contributed by atoms with van der Waals surface area (Å²) < 4.78 is 14.4. The van der Waals surface area contributed by atoms with E-state index in [1.807, 2.05) is 0 Å².